The van der Waals surface area contributed by atoms with Gasteiger partial charge in [-0.1, -0.05) is 12.1 Å². The van der Waals surface area contributed by atoms with E-state index in [2.05, 4.69) is 33.2 Å². The lowest BCUT2D eigenvalue weighted by Gasteiger charge is -2.18. The van der Waals surface area contributed by atoms with Crippen LogP contribution in [0.1, 0.15) is 21.5 Å². The molecule has 0 bridgehead atoms. The van der Waals surface area contributed by atoms with Crippen LogP contribution in [0.25, 0.3) is 16.7 Å². The Balaban J connectivity index is 1.55. The van der Waals surface area contributed by atoms with Gasteiger partial charge >= 0.3 is 0 Å². The fraction of sp³-hybridized carbons (Fsp3) is 0.0476. The minimum Gasteiger partial charge on any atom is -0.507 e. The van der Waals surface area contributed by atoms with Crippen molar-refractivity contribution in [3.63, 3.8) is 0 Å². The minimum atomic E-state index is -0.440. The van der Waals surface area contributed by atoms with Crippen LogP contribution in [0, 0.1) is 3.57 Å². The Hall–Kier alpha value is -3.07. The number of amides is 2. The third-order valence-electron chi connectivity index (χ3n) is 4.44. The number of fused-ring (bicyclic) bond motifs is 1. The van der Waals surface area contributed by atoms with Crippen LogP contribution in [-0.2, 0) is 11.3 Å². The zero-order valence-corrected chi connectivity index (χ0v) is 16.7. The van der Waals surface area contributed by atoms with Crippen molar-refractivity contribution in [1.82, 2.24) is 10.6 Å². The number of aromatic hydroxyl groups is 1. The van der Waals surface area contributed by atoms with E-state index in [1.165, 1.54) is 0 Å². The summed E-state index contributed by atoms with van der Waals surface area (Å²) in [4.78, 5) is 24.3. The number of imide groups is 1. The molecule has 2 amide bonds. The molecular weight excluding hydrogens is 471 g/mol. The van der Waals surface area contributed by atoms with E-state index in [4.69, 9.17) is 4.42 Å². The Kier molecular flexibility index (Phi) is 4.91. The molecule has 2 aromatic carbocycles. The standard InChI is InChI=1S/C21H15IN2O4/c22-14-2-4-16-17(8-14)18(21(27)24-20(16)26)10-23-9-12-1-3-15(19(25)7-12)13-5-6-28-11-13/h1-8,10-11,23,25H,9H2,(H,24,26,27)/b18-10+. The Labute approximate surface area is 174 Å². The SMILES string of the molecule is O=C1NC(=O)c2ccc(I)cc2/C1=C\NCc1ccc(-c2ccoc2)c(O)c1. The molecule has 1 aliphatic rings. The fourth-order valence-electron chi connectivity index (χ4n) is 3.06. The van der Waals surface area contributed by atoms with Crippen molar-refractivity contribution >= 4 is 40.0 Å². The highest BCUT2D eigenvalue weighted by Crippen LogP contribution is 2.30. The molecule has 0 saturated heterocycles. The lowest BCUT2D eigenvalue weighted by molar-refractivity contribution is -0.114. The van der Waals surface area contributed by atoms with Crippen LogP contribution in [0.3, 0.4) is 0 Å². The quantitative estimate of drug-likeness (QED) is 0.298. The molecule has 7 heteroatoms. The van der Waals surface area contributed by atoms with Crippen LogP contribution in [-0.4, -0.2) is 16.9 Å². The second-order valence-electron chi connectivity index (χ2n) is 6.28. The summed E-state index contributed by atoms with van der Waals surface area (Å²) in [6.45, 7) is 0.406. The van der Waals surface area contributed by atoms with Crippen LogP contribution in [0.15, 0.2) is 65.6 Å². The molecule has 2 heterocycles. The average Bonchev–Trinajstić information content (AvgIpc) is 3.18. The molecule has 4 rings (SSSR count). The molecule has 6 nitrogen and oxygen atoms in total. The summed E-state index contributed by atoms with van der Waals surface area (Å²) >= 11 is 2.14. The smallest absolute Gasteiger partial charge is 0.260 e. The summed E-state index contributed by atoms with van der Waals surface area (Å²) in [5.41, 5.74) is 3.80. The average molecular weight is 486 g/mol. The lowest BCUT2D eigenvalue weighted by Crippen LogP contribution is -2.37. The molecule has 0 spiro atoms. The monoisotopic (exact) mass is 486 g/mol. The molecular formula is C21H15IN2O4. The van der Waals surface area contributed by atoms with Crippen molar-refractivity contribution in [2.45, 2.75) is 6.54 Å². The Morgan fingerprint density at radius 3 is 2.61 bits per heavy atom. The van der Waals surface area contributed by atoms with Gasteiger partial charge in [-0.15, -0.1) is 0 Å². The third-order valence-corrected chi connectivity index (χ3v) is 5.11. The van der Waals surface area contributed by atoms with Crippen molar-refractivity contribution in [2.24, 2.45) is 0 Å². The summed E-state index contributed by atoms with van der Waals surface area (Å²) in [6, 6.07) is 12.5. The van der Waals surface area contributed by atoms with E-state index in [0.29, 0.717) is 28.8 Å². The number of furan rings is 1. The van der Waals surface area contributed by atoms with Gasteiger partial charge in [-0.05, 0) is 58.5 Å². The van der Waals surface area contributed by atoms with Crippen LogP contribution in [0.2, 0.25) is 0 Å². The van der Waals surface area contributed by atoms with Gasteiger partial charge in [-0.3, -0.25) is 14.9 Å². The van der Waals surface area contributed by atoms with E-state index in [-0.39, 0.29) is 5.75 Å². The van der Waals surface area contributed by atoms with Gasteiger partial charge < -0.3 is 14.8 Å². The number of benzene rings is 2. The number of nitrogens with one attached hydrogen (secondary N) is 2. The highest BCUT2D eigenvalue weighted by molar-refractivity contribution is 14.1. The zero-order chi connectivity index (χ0) is 19.7. The van der Waals surface area contributed by atoms with Crippen LogP contribution in [0.4, 0.5) is 0 Å². The van der Waals surface area contributed by atoms with Gasteiger partial charge in [-0.25, -0.2) is 0 Å². The fourth-order valence-corrected chi connectivity index (χ4v) is 3.55. The number of halogens is 1. The molecule has 0 atom stereocenters. The number of phenols is 1. The summed E-state index contributed by atoms with van der Waals surface area (Å²) in [7, 11) is 0. The Bertz CT molecular complexity index is 1100. The van der Waals surface area contributed by atoms with Gasteiger partial charge in [0.2, 0.25) is 0 Å². The van der Waals surface area contributed by atoms with Crippen molar-refractivity contribution in [3.05, 3.63) is 81.5 Å². The molecule has 1 aromatic heterocycles. The van der Waals surface area contributed by atoms with Crippen molar-refractivity contribution in [3.8, 4) is 16.9 Å². The molecule has 3 aromatic rings. The van der Waals surface area contributed by atoms with Crippen LogP contribution in [0.5, 0.6) is 5.75 Å². The highest BCUT2D eigenvalue weighted by atomic mass is 127. The van der Waals surface area contributed by atoms with Gasteiger partial charge in [0.25, 0.3) is 11.8 Å². The van der Waals surface area contributed by atoms with E-state index >= 15 is 0 Å². The first kappa shape index (κ1) is 18.3. The maximum Gasteiger partial charge on any atom is 0.260 e. The maximum atomic E-state index is 12.3. The van der Waals surface area contributed by atoms with Crippen molar-refractivity contribution < 1.29 is 19.1 Å². The predicted molar refractivity (Wildman–Crippen MR) is 112 cm³/mol. The molecule has 0 aliphatic carbocycles. The minimum absolute atomic E-state index is 0.147. The Morgan fingerprint density at radius 2 is 1.86 bits per heavy atom. The Morgan fingerprint density at radius 1 is 1.04 bits per heavy atom. The molecule has 0 saturated carbocycles. The summed E-state index contributed by atoms with van der Waals surface area (Å²) in [5.74, 6) is -0.687. The van der Waals surface area contributed by atoms with E-state index < -0.39 is 11.8 Å². The number of hydrogen-bond donors (Lipinski definition) is 3. The van der Waals surface area contributed by atoms with Gasteiger partial charge in [0.1, 0.15) is 5.75 Å². The zero-order valence-electron chi connectivity index (χ0n) is 14.5. The maximum absolute atomic E-state index is 12.3. The first-order chi connectivity index (χ1) is 13.5. The molecule has 140 valence electrons. The van der Waals surface area contributed by atoms with Gasteiger partial charge in [0, 0.05) is 38.6 Å². The third kappa shape index (κ3) is 3.53. The predicted octanol–water partition coefficient (Wildman–Crippen LogP) is 3.66. The second-order valence-corrected chi connectivity index (χ2v) is 7.52. The second kappa shape index (κ2) is 7.51. The lowest BCUT2D eigenvalue weighted by atomic mass is 9.95. The summed E-state index contributed by atoms with van der Waals surface area (Å²) in [6.07, 6.45) is 4.71. The first-order valence-electron chi connectivity index (χ1n) is 8.46. The van der Waals surface area contributed by atoms with Crippen LogP contribution < -0.4 is 10.6 Å². The summed E-state index contributed by atoms with van der Waals surface area (Å²) < 4.78 is 5.98. The molecule has 0 unspecified atom stereocenters. The molecule has 0 fully saturated rings. The number of phenolic OH excluding ortho intramolecular Hbond substituents is 1. The molecule has 0 radical (unpaired) electrons. The normalized spacial score (nSPS) is 14.7. The van der Waals surface area contributed by atoms with Crippen LogP contribution >= 0.6 is 22.6 Å². The summed E-state index contributed by atoms with van der Waals surface area (Å²) in [5, 5.41) is 15.7. The van der Waals surface area contributed by atoms with Gasteiger partial charge in [-0.2, -0.15) is 0 Å². The van der Waals surface area contributed by atoms with Gasteiger partial charge in [0.05, 0.1) is 18.1 Å². The number of rotatable bonds is 4. The van der Waals surface area contributed by atoms with Gasteiger partial charge in [0.15, 0.2) is 0 Å². The largest absolute Gasteiger partial charge is 0.507 e. The molecule has 28 heavy (non-hydrogen) atoms. The van der Waals surface area contributed by atoms with E-state index in [1.807, 2.05) is 24.3 Å². The van der Waals surface area contributed by atoms with E-state index in [9.17, 15) is 14.7 Å². The number of carbonyl (C=O) groups excluding carboxylic acids is 2. The molecule has 1 aliphatic heterocycles. The van der Waals surface area contributed by atoms with Crippen molar-refractivity contribution in [1.29, 1.82) is 0 Å². The van der Waals surface area contributed by atoms with E-state index in [1.54, 1.807) is 36.9 Å². The number of carbonyl (C=O) groups is 2. The first-order valence-corrected chi connectivity index (χ1v) is 9.54. The van der Waals surface area contributed by atoms with E-state index in [0.717, 1.165) is 14.7 Å². The topological polar surface area (TPSA) is 91.6 Å². The molecule has 3 N–H and O–H groups in total. The number of hydrogen-bond acceptors (Lipinski definition) is 5. The van der Waals surface area contributed by atoms with Crippen molar-refractivity contribution in [2.75, 3.05) is 0 Å². The highest BCUT2D eigenvalue weighted by Gasteiger charge is 2.27.